The Kier molecular flexibility index (Phi) is 4.57. The third-order valence-electron chi connectivity index (χ3n) is 2.89. The Bertz CT molecular complexity index is 363. The highest BCUT2D eigenvalue weighted by Gasteiger charge is 2.25. The highest BCUT2D eigenvalue weighted by atomic mass is 79.9. The monoisotopic (exact) mass is 297 g/mol. The van der Waals surface area contributed by atoms with Gasteiger partial charge in [-0.2, -0.15) is 0 Å². The van der Waals surface area contributed by atoms with E-state index in [0.29, 0.717) is 11.9 Å². The first-order chi connectivity index (χ1) is 8.31. The van der Waals surface area contributed by atoms with Crippen molar-refractivity contribution >= 4 is 21.8 Å². The molecule has 0 aliphatic carbocycles. The van der Waals surface area contributed by atoms with E-state index in [9.17, 15) is 4.79 Å². The maximum absolute atomic E-state index is 11.9. The minimum atomic E-state index is -0.264. The zero-order chi connectivity index (χ0) is 12.1. The maximum atomic E-state index is 11.9. The van der Waals surface area contributed by atoms with E-state index in [-0.39, 0.29) is 18.1 Å². The molecule has 1 N–H and O–H groups in total. The first kappa shape index (κ1) is 12.6. The average Bonchev–Trinajstić information content (AvgIpc) is 2.90. The van der Waals surface area contributed by atoms with Gasteiger partial charge in [-0.05, 0) is 18.4 Å². The summed E-state index contributed by atoms with van der Waals surface area (Å²) in [7, 11) is 0. The van der Waals surface area contributed by atoms with E-state index in [0.717, 1.165) is 18.4 Å². The van der Waals surface area contributed by atoms with Crippen molar-refractivity contribution in [2.75, 3.05) is 11.9 Å². The Balaban J connectivity index is 1.97. The van der Waals surface area contributed by atoms with Crippen LogP contribution in [0, 0.1) is 0 Å². The van der Waals surface area contributed by atoms with Crippen LogP contribution in [-0.4, -0.2) is 23.9 Å². The summed E-state index contributed by atoms with van der Waals surface area (Å²) >= 11 is 3.43. The predicted molar refractivity (Wildman–Crippen MR) is 70.1 cm³/mol. The van der Waals surface area contributed by atoms with Gasteiger partial charge in [0.05, 0.1) is 6.04 Å². The average molecular weight is 298 g/mol. The Morgan fingerprint density at radius 1 is 1.47 bits per heavy atom. The van der Waals surface area contributed by atoms with Crippen molar-refractivity contribution in [1.82, 2.24) is 5.32 Å². The second-order valence-corrected chi connectivity index (χ2v) is 4.78. The lowest BCUT2D eigenvalue weighted by atomic mass is 10.1. The standard InChI is InChI=1S/C13H16BrNO2/c14-9-11(10-5-2-1-3-6-10)15-13(16)12-7-4-8-17-12/h1-3,5-6,11-12H,4,7-9H2,(H,15,16). The van der Waals surface area contributed by atoms with Crippen LogP contribution in [0.4, 0.5) is 0 Å². The first-order valence-electron chi connectivity index (χ1n) is 5.84. The lowest BCUT2D eigenvalue weighted by Gasteiger charge is -2.19. The molecule has 1 aliphatic heterocycles. The fourth-order valence-corrected chi connectivity index (χ4v) is 2.48. The molecule has 1 heterocycles. The van der Waals surface area contributed by atoms with Gasteiger partial charge in [0.1, 0.15) is 6.10 Å². The summed E-state index contributed by atoms with van der Waals surface area (Å²) in [6.45, 7) is 0.697. The van der Waals surface area contributed by atoms with E-state index in [2.05, 4.69) is 21.2 Å². The van der Waals surface area contributed by atoms with E-state index in [4.69, 9.17) is 4.74 Å². The minimum absolute atomic E-state index is 0.00389. The van der Waals surface area contributed by atoms with Crippen molar-refractivity contribution in [3.8, 4) is 0 Å². The molecule has 3 nitrogen and oxygen atoms in total. The third-order valence-corrected chi connectivity index (χ3v) is 3.54. The molecule has 0 spiro atoms. The molecule has 0 aromatic heterocycles. The van der Waals surface area contributed by atoms with E-state index < -0.39 is 0 Å². The number of hydrogen-bond acceptors (Lipinski definition) is 2. The quantitative estimate of drug-likeness (QED) is 0.867. The Labute approximate surface area is 110 Å². The van der Waals surface area contributed by atoms with Gasteiger partial charge in [0, 0.05) is 11.9 Å². The molecule has 17 heavy (non-hydrogen) atoms. The van der Waals surface area contributed by atoms with Crippen molar-refractivity contribution in [3.05, 3.63) is 35.9 Å². The third kappa shape index (κ3) is 3.30. The van der Waals surface area contributed by atoms with Crippen molar-refractivity contribution in [2.45, 2.75) is 25.0 Å². The smallest absolute Gasteiger partial charge is 0.249 e. The van der Waals surface area contributed by atoms with Crippen LogP contribution in [-0.2, 0) is 9.53 Å². The van der Waals surface area contributed by atoms with E-state index in [1.807, 2.05) is 30.3 Å². The second kappa shape index (κ2) is 6.17. The summed E-state index contributed by atoms with van der Waals surface area (Å²) in [6, 6.07) is 9.96. The normalized spacial score (nSPS) is 21.1. The van der Waals surface area contributed by atoms with Gasteiger partial charge in [0.25, 0.3) is 0 Å². The van der Waals surface area contributed by atoms with Gasteiger partial charge >= 0.3 is 0 Å². The molecule has 1 aromatic carbocycles. The van der Waals surface area contributed by atoms with Gasteiger partial charge in [0.15, 0.2) is 0 Å². The van der Waals surface area contributed by atoms with Crippen LogP contribution < -0.4 is 5.32 Å². The fraction of sp³-hybridized carbons (Fsp3) is 0.462. The number of halogens is 1. The molecular weight excluding hydrogens is 282 g/mol. The van der Waals surface area contributed by atoms with Gasteiger partial charge in [-0.15, -0.1) is 0 Å². The molecular formula is C13H16BrNO2. The minimum Gasteiger partial charge on any atom is -0.368 e. The topological polar surface area (TPSA) is 38.3 Å². The van der Waals surface area contributed by atoms with Crippen molar-refractivity contribution in [3.63, 3.8) is 0 Å². The van der Waals surface area contributed by atoms with Crippen LogP contribution in [0.1, 0.15) is 24.4 Å². The number of benzene rings is 1. The lowest BCUT2D eigenvalue weighted by molar-refractivity contribution is -0.130. The molecule has 2 unspecified atom stereocenters. The van der Waals surface area contributed by atoms with Crippen LogP contribution in [0.15, 0.2) is 30.3 Å². The molecule has 1 saturated heterocycles. The van der Waals surface area contributed by atoms with Crippen LogP contribution in [0.2, 0.25) is 0 Å². The van der Waals surface area contributed by atoms with E-state index >= 15 is 0 Å². The molecule has 92 valence electrons. The number of hydrogen-bond donors (Lipinski definition) is 1. The number of carbonyl (C=O) groups excluding carboxylic acids is 1. The van der Waals surface area contributed by atoms with Crippen LogP contribution in [0.5, 0.6) is 0 Å². The van der Waals surface area contributed by atoms with E-state index in [1.165, 1.54) is 0 Å². The van der Waals surface area contributed by atoms with Gasteiger partial charge in [-0.1, -0.05) is 46.3 Å². The Morgan fingerprint density at radius 3 is 2.82 bits per heavy atom. The number of rotatable bonds is 4. The van der Waals surface area contributed by atoms with Crippen LogP contribution in [0.3, 0.4) is 0 Å². The van der Waals surface area contributed by atoms with Crippen LogP contribution in [0.25, 0.3) is 0 Å². The number of amides is 1. The number of carbonyl (C=O) groups is 1. The largest absolute Gasteiger partial charge is 0.368 e. The van der Waals surface area contributed by atoms with Crippen molar-refractivity contribution in [1.29, 1.82) is 0 Å². The van der Waals surface area contributed by atoms with Gasteiger partial charge in [-0.25, -0.2) is 0 Å². The highest BCUT2D eigenvalue weighted by molar-refractivity contribution is 9.09. The summed E-state index contributed by atoms with van der Waals surface area (Å²) in [5.74, 6) is -0.00389. The fourth-order valence-electron chi connectivity index (χ4n) is 1.95. The highest BCUT2D eigenvalue weighted by Crippen LogP contribution is 2.17. The Morgan fingerprint density at radius 2 is 2.24 bits per heavy atom. The molecule has 1 fully saturated rings. The number of alkyl halides is 1. The molecule has 0 radical (unpaired) electrons. The summed E-state index contributed by atoms with van der Waals surface area (Å²) < 4.78 is 5.37. The first-order valence-corrected chi connectivity index (χ1v) is 6.96. The van der Waals surface area contributed by atoms with E-state index in [1.54, 1.807) is 0 Å². The summed E-state index contributed by atoms with van der Waals surface area (Å²) in [6.07, 6.45) is 1.54. The summed E-state index contributed by atoms with van der Waals surface area (Å²) in [5, 5.41) is 3.72. The number of ether oxygens (including phenoxy) is 1. The number of nitrogens with one attached hydrogen (secondary N) is 1. The lowest BCUT2D eigenvalue weighted by Crippen LogP contribution is -2.37. The van der Waals surface area contributed by atoms with Gasteiger partial charge < -0.3 is 10.1 Å². The molecule has 0 saturated carbocycles. The van der Waals surface area contributed by atoms with Gasteiger partial charge in [-0.3, -0.25) is 4.79 Å². The molecule has 1 aliphatic rings. The zero-order valence-electron chi connectivity index (χ0n) is 9.56. The Hall–Kier alpha value is -0.870. The van der Waals surface area contributed by atoms with Crippen molar-refractivity contribution in [2.24, 2.45) is 0 Å². The molecule has 0 bridgehead atoms. The maximum Gasteiger partial charge on any atom is 0.249 e. The molecule has 1 aromatic rings. The predicted octanol–water partition coefficient (Wildman–Crippen LogP) is 2.42. The zero-order valence-corrected chi connectivity index (χ0v) is 11.2. The van der Waals surface area contributed by atoms with Gasteiger partial charge in [0.2, 0.25) is 5.91 Å². The molecule has 2 atom stereocenters. The molecule has 1 amide bonds. The second-order valence-electron chi connectivity index (χ2n) is 4.13. The molecule has 2 rings (SSSR count). The van der Waals surface area contributed by atoms with Crippen LogP contribution >= 0.6 is 15.9 Å². The molecule has 4 heteroatoms. The summed E-state index contributed by atoms with van der Waals surface area (Å²) in [5.41, 5.74) is 1.11. The van der Waals surface area contributed by atoms with Crippen molar-refractivity contribution < 1.29 is 9.53 Å². The summed E-state index contributed by atoms with van der Waals surface area (Å²) in [4.78, 5) is 11.9. The SMILES string of the molecule is O=C(NC(CBr)c1ccccc1)C1CCCO1.